The van der Waals surface area contributed by atoms with E-state index < -0.39 is 30.1 Å². The lowest BCUT2D eigenvalue weighted by Gasteiger charge is -2.28. The van der Waals surface area contributed by atoms with Crippen LogP contribution in [0, 0.1) is 0 Å². The van der Waals surface area contributed by atoms with Gasteiger partial charge in [0.2, 0.25) is 0 Å². The van der Waals surface area contributed by atoms with E-state index in [1.54, 1.807) is 0 Å². The molecule has 0 amide bonds. The number of rotatable bonds is 4. The van der Waals surface area contributed by atoms with Crippen LogP contribution in [0.3, 0.4) is 0 Å². The van der Waals surface area contributed by atoms with Gasteiger partial charge in [0, 0.05) is 20.8 Å². The van der Waals surface area contributed by atoms with Gasteiger partial charge < -0.3 is 18.9 Å². The van der Waals surface area contributed by atoms with Crippen LogP contribution in [0.25, 0.3) is 0 Å². The van der Waals surface area contributed by atoms with Crippen LogP contribution in [0.1, 0.15) is 20.8 Å². The molecule has 2 atom stereocenters. The molecular formula is C12H16O7. The SMILES string of the molecule is CC(=O)OC[C@H]1OCC(OC(C)=O)=C[C@@H]1OC(C)=O. The number of ether oxygens (including phenoxy) is 4. The molecule has 0 aromatic carbocycles. The first-order chi connectivity index (χ1) is 8.88. The van der Waals surface area contributed by atoms with Gasteiger partial charge in [-0.05, 0) is 6.08 Å². The van der Waals surface area contributed by atoms with E-state index in [2.05, 4.69) is 0 Å². The van der Waals surface area contributed by atoms with E-state index in [4.69, 9.17) is 18.9 Å². The van der Waals surface area contributed by atoms with Crippen molar-refractivity contribution in [3.8, 4) is 0 Å². The maximum Gasteiger partial charge on any atom is 0.307 e. The highest BCUT2D eigenvalue weighted by Crippen LogP contribution is 2.18. The molecule has 0 N–H and O–H groups in total. The molecule has 0 spiro atoms. The van der Waals surface area contributed by atoms with Crippen LogP contribution in [0.2, 0.25) is 0 Å². The van der Waals surface area contributed by atoms with Gasteiger partial charge in [-0.25, -0.2) is 0 Å². The molecule has 7 heteroatoms. The summed E-state index contributed by atoms with van der Waals surface area (Å²) in [5.41, 5.74) is 0. The number of carbonyl (C=O) groups excluding carboxylic acids is 3. The van der Waals surface area contributed by atoms with Gasteiger partial charge in [-0.15, -0.1) is 0 Å². The fraction of sp³-hybridized carbons (Fsp3) is 0.583. The topological polar surface area (TPSA) is 88.1 Å². The van der Waals surface area contributed by atoms with Crippen molar-refractivity contribution in [2.75, 3.05) is 13.2 Å². The maximum absolute atomic E-state index is 11.0. The zero-order chi connectivity index (χ0) is 14.4. The van der Waals surface area contributed by atoms with E-state index in [0.29, 0.717) is 0 Å². The fourth-order valence-corrected chi connectivity index (χ4v) is 1.51. The molecule has 0 saturated heterocycles. The predicted molar refractivity (Wildman–Crippen MR) is 61.8 cm³/mol. The number of hydrogen-bond donors (Lipinski definition) is 0. The van der Waals surface area contributed by atoms with Gasteiger partial charge in [0.15, 0.2) is 6.10 Å². The number of carbonyl (C=O) groups is 3. The lowest BCUT2D eigenvalue weighted by atomic mass is 10.1. The van der Waals surface area contributed by atoms with Crippen LogP contribution in [-0.4, -0.2) is 43.3 Å². The average molecular weight is 272 g/mol. The zero-order valence-electron chi connectivity index (χ0n) is 11.0. The molecule has 0 bridgehead atoms. The van der Waals surface area contributed by atoms with E-state index in [1.165, 1.54) is 26.8 Å². The van der Waals surface area contributed by atoms with Gasteiger partial charge in [-0.1, -0.05) is 0 Å². The monoisotopic (exact) mass is 272 g/mol. The Kier molecular flexibility index (Phi) is 5.50. The molecule has 1 aliphatic rings. The van der Waals surface area contributed by atoms with Crippen LogP contribution < -0.4 is 0 Å². The largest absolute Gasteiger partial charge is 0.463 e. The molecule has 0 unspecified atom stereocenters. The summed E-state index contributed by atoms with van der Waals surface area (Å²) >= 11 is 0. The lowest BCUT2D eigenvalue weighted by Crippen LogP contribution is -2.40. The molecule has 1 aliphatic heterocycles. The van der Waals surface area contributed by atoms with E-state index in [1.807, 2.05) is 0 Å². The number of esters is 3. The quantitative estimate of drug-likeness (QED) is 0.538. The first kappa shape index (κ1) is 15.2. The summed E-state index contributed by atoms with van der Waals surface area (Å²) in [7, 11) is 0. The van der Waals surface area contributed by atoms with Crippen LogP contribution in [0.5, 0.6) is 0 Å². The van der Waals surface area contributed by atoms with Gasteiger partial charge in [0.25, 0.3) is 0 Å². The molecule has 1 heterocycles. The first-order valence-corrected chi connectivity index (χ1v) is 5.69. The minimum absolute atomic E-state index is 0.0445. The highest BCUT2D eigenvalue weighted by Gasteiger charge is 2.30. The maximum atomic E-state index is 11.0. The summed E-state index contributed by atoms with van der Waals surface area (Å²) in [5.74, 6) is -1.20. The predicted octanol–water partition coefficient (Wildman–Crippen LogP) is 0.327. The second-order valence-electron chi connectivity index (χ2n) is 3.95. The van der Waals surface area contributed by atoms with Crippen LogP contribution in [0.15, 0.2) is 11.8 Å². The molecule has 106 valence electrons. The molecule has 1 rings (SSSR count). The summed E-state index contributed by atoms with van der Waals surface area (Å²) in [4.78, 5) is 32.6. The molecule has 19 heavy (non-hydrogen) atoms. The third-order valence-electron chi connectivity index (χ3n) is 2.18. The van der Waals surface area contributed by atoms with E-state index in [9.17, 15) is 14.4 Å². The Morgan fingerprint density at radius 2 is 1.89 bits per heavy atom. The van der Waals surface area contributed by atoms with E-state index in [-0.39, 0.29) is 19.0 Å². The second-order valence-corrected chi connectivity index (χ2v) is 3.95. The van der Waals surface area contributed by atoms with Crippen molar-refractivity contribution >= 4 is 17.9 Å². The molecule has 0 aromatic heterocycles. The average Bonchev–Trinajstić information content (AvgIpc) is 2.26. The van der Waals surface area contributed by atoms with Gasteiger partial charge in [0.1, 0.15) is 25.1 Å². The van der Waals surface area contributed by atoms with E-state index >= 15 is 0 Å². The van der Waals surface area contributed by atoms with Gasteiger partial charge in [-0.2, -0.15) is 0 Å². The standard InChI is InChI=1S/C12H16O7/c1-7(13)16-6-12-11(19-9(3)15)4-10(5-17-12)18-8(2)14/h4,11-12H,5-6H2,1-3H3/t11-,12+/m0/s1. The summed E-state index contributed by atoms with van der Waals surface area (Å²) in [6.45, 7) is 3.77. The van der Waals surface area contributed by atoms with Crippen LogP contribution in [0.4, 0.5) is 0 Å². The Bertz CT molecular complexity index is 399. The van der Waals surface area contributed by atoms with Crippen molar-refractivity contribution in [1.82, 2.24) is 0 Å². The Balaban J connectivity index is 2.71. The fourth-order valence-electron chi connectivity index (χ4n) is 1.51. The second kappa shape index (κ2) is 6.89. The van der Waals surface area contributed by atoms with Gasteiger partial charge in [-0.3, -0.25) is 14.4 Å². The van der Waals surface area contributed by atoms with Crippen molar-refractivity contribution in [2.24, 2.45) is 0 Å². The van der Waals surface area contributed by atoms with E-state index in [0.717, 1.165) is 0 Å². The highest BCUT2D eigenvalue weighted by atomic mass is 16.6. The highest BCUT2D eigenvalue weighted by molar-refractivity contribution is 5.68. The summed E-state index contributed by atoms with van der Waals surface area (Å²) in [5, 5.41) is 0. The smallest absolute Gasteiger partial charge is 0.307 e. The Morgan fingerprint density at radius 1 is 1.21 bits per heavy atom. The minimum Gasteiger partial charge on any atom is -0.463 e. The molecule has 0 radical (unpaired) electrons. The van der Waals surface area contributed by atoms with Crippen LogP contribution in [-0.2, 0) is 33.3 Å². The number of hydrogen-bond acceptors (Lipinski definition) is 7. The lowest BCUT2D eigenvalue weighted by molar-refractivity contribution is -0.161. The molecule has 0 aliphatic carbocycles. The summed E-state index contributed by atoms with van der Waals surface area (Å²) in [6, 6.07) is 0. The normalized spacial score (nSPS) is 22.2. The first-order valence-electron chi connectivity index (χ1n) is 5.69. The van der Waals surface area contributed by atoms with Gasteiger partial charge >= 0.3 is 17.9 Å². The molecular weight excluding hydrogens is 256 g/mol. The zero-order valence-corrected chi connectivity index (χ0v) is 11.0. The van der Waals surface area contributed by atoms with Crippen molar-refractivity contribution in [1.29, 1.82) is 0 Å². The molecule has 7 nitrogen and oxygen atoms in total. The van der Waals surface area contributed by atoms with Crippen LogP contribution >= 0.6 is 0 Å². The third kappa shape index (κ3) is 5.52. The Labute approximate surface area is 110 Å². The van der Waals surface area contributed by atoms with Crippen molar-refractivity contribution in [3.05, 3.63) is 11.8 Å². The molecule has 0 fully saturated rings. The third-order valence-corrected chi connectivity index (χ3v) is 2.18. The minimum atomic E-state index is -0.764. The Morgan fingerprint density at radius 3 is 2.42 bits per heavy atom. The summed E-state index contributed by atoms with van der Waals surface area (Å²) in [6.07, 6.45) is 0.0903. The molecule has 0 saturated carbocycles. The Hall–Kier alpha value is -1.89. The van der Waals surface area contributed by atoms with Gasteiger partial charge in [0.05, 0.1) is 0 Å². The molecule has 0 aromatic rings. The summed E-state index contributed by atoms with van der Waals surface area (Å²) < 4.78 is 20.1. The van der Waals surface area contributed by atoms with Crippen molar-refractivity contribution < 1.29 is 33.3 Å². The van der Waals surface area contributed by atoms with Crippen molar-refractivity contribution in [3.63, 3.8) is 0 Å². The van der Waals surface area contributed by atoms with Crippen molar-refractivity contribution in [2.45, 2.75) is 33.0 Å².